The molecule has 55 heavy (non-hydrogen) atoms. The van der Waals surface area contributed by atoms with Gasteiger partial charge in [-0.3, -0.25) is 0 Å². The van der Waals surface area contributed by atoms with Gasteiger partial charge >= 0.3 is 0 Å². The quantitative estimate of drug-likeness (QED) is 0.170. The number of rotatable bonds is 6. The lowest BCUT2D eigenvalue weighted by molar-refractivity contribution is 0.669. The van der Waals surface area contributed by atoms with Crippen molar-refractivity contribution in [1.82, 2.24) is 0 Å². The molecule has 9 aromatic carbocycles. The summed E-state index contributed by atoms with van der Waals surface area (Å²) in [5.74, 6) is 0. The van der Waals surface area contributed by atoms with Gasteiger partial charge in [0.25, 0.3) is 0 Å². The third-order valence-corrected chi connectivity index (χ3v) is 12.0. The van der Waals surface area contributed by atoms with Crippen molar-refractivity contribution in [1.29, 1.82) is 0 Å². The molecule has 2 nitrogen and oxygen atoms in total. The van der Waals surface area contributed by atoms with Crippen LogP contribution in [0.15, 0.2) is 205 Å². The van der Waals surface area contributed by atoms with Gasteiger partial charge < -0.3 is 9.32 Å². The SMILES string of the molecule is c1cc(-c2ccc3c(c2)sc2ccccc23)cc(N(c2ccc(-c3ccc4ccccc4c3)cc2)c2ccc(-c3ccc4oc5ccccc5c4c3)cc2)c1. The molecule has 0 aliphatic carbocycles. The fraction of sp³-hybridized carbons (Fsp3) is 0. The Morgan fingerprint density at radius 2 is 0.891 bits per heavy atom. The van der Waals surface area contributed by atoms with E-state index >= 15 is 0 Å². The summed E-state index contributed by atoms with van der Waals surface area (Å²) in [6.45, 7) is 0. The number of fused-ring (bicyclic) bond motifs is 7. The molecule has 11 rings (SSSR count). The van der Waals surface area contributed by atoms with Gasteiger partial charge in [0, 0.05) is 48.0 Å². The van der Waals surface area contributed by atoms with Gasteiger partial charge in [0.1, 0.15) is 11.2 Å². The summed E-state index contributed by atoms with van der Waals surface area (Å²) >= 11 is 1.86. The Balaban J connectivity index is 0.995. The maximum atomic E-state index is 6.12. The fourth-order valence-electron chi connectivity index (χ4n) is 8.06. The average Bonchev–Trinajstić information content (AvgIpc) is 3.82. The van der Waals surface area contributed by atoms with Crippen molar-refractivity contribution in [3.63, 3.8) is 0 Å². The summed E-state index contributed by atoms with van der Waals surface area (Å²) in [5, 5.41) is 7.41. The van der Waals surface area contributed by atoms with Crippen LogP contribution in [0.25, 0.3) is 86.3 Å². The van der Waals surface area contributed by atoms with Crippen molar-refractivity contribution >= 4 is 81.3 Å². The number of benzene rings is 9. The summed E-state index contributed by atoms with van der Waals surface area (Å²) < 4.78 is 8.75. The zero-order valence-electron chi connectivity index (χ0n) is 29.8. The molecule has 3 heteroatoms. The van der Waals surface area contributed by atoms with Gasteiger partial charge in [0.2, 0.25) is 0 Å². The lowest BCUT2D eigenvalue weighted by Crippen LogP contribution is -2.10. The first-order chi connectivity index (χ1) is 27.2. The highest BCUT2D eigenvalue weighted by Gasteiger charge is 2.16. The van der Waals surface area contributed by atoms with E-state index in [4.69, 9.17) is 4.42 Å². The zero-order chi connectivity index (χ0) is 36.3. The molecule has 0 aliphatic heterocycles. The van der Waals surface area contributed by atoms with Crippen molar-refractivity contribution in [2.24, 2.45) is 0 Å². The van der Waals surface area contributed by atoms with Gasteiger partial charge in [-0.25, -0.2) is 0 Å². The normalized spacial score (nSPS) is 11.6. The predicted octanol–water partition coefficient (Wildman–Crippen LogP) is 15.6. The molecular weight excluding hydrogens is 687 g/mol. The van der Waals surface area contributed by atoms with Gasteiger partial charge in [0.15, 0.2) is 0 Å². The highest BCUT2D eigenvalue weighted by atomic mass is 32.1. The van der Waals surface area contributed by atoms with Crippen molar-refractivity contribution < 1.29 is 4.42 Å². The number of hydrogen-bond donors (Lipinski definition) is 0. The molecule has 2 heterocycles. The molecule has 258 valence electrons. The molecule has 11 aromatic rings. The fourth-order valence-corrected chi connectivity index (χ4v) is 9.20. The Labute approximate surface area is 322 Å². The van der Waals surface area contributed by atoms with Crippen LogP contribution in [-0.2, 0) is 0 Å². The van der Waals surface area contributed by atoms with E-state index in [0.29, 0.717) is 0 Å². The third-order valence-electron chi connectivity index (χ3n) is 10.9. The molecule has 0 unspecified atom stereocenters. The molecule has 0 fully saturated rings. The Morgan fingerprint density at radius 1 is 0.309 bits per heavy atom. The van der Waals surface area contributed by atoms with Gasteiger partial charge in [-0.05, 0) is 117 Å². The second kappa shape index (κ2) is 12.9. The Bertz CT molecular complexity index is 3210. The van der Waals surface area contributed by atoms with Crippen LogP contribution in [0.5, 0.6) is 0 Å². The van der Waals surface area contributed by atoms with Crippen LogP contribution in [0.1, 0.15) is 0 Å². The zero-order valence-corrected chi connectivity index (χ0v) is 30.6. The minimum atomic E-state index is 0.909. The minimum Gasteiger partial charge on any atom is -0.456 e. The first-order valence-electron chi connectivity index (χ1n) is 18.6. The van der Waals surface area contributed by atoms with Crippen molar-refractivity contribution in [3.8, 4) is 33.4 Å². The molecule has 0 atom stereocenters. The lowest BCUT2D eigenvalue weighted by Gasteiger charge is -2.26. The molecule has 0 saturated carbocycles. The van der Waals surface area contributed by atoms with E-state index in [2.05, 4.69) is 193 Å². The van der Waals surface area contributed by atoms with Crippen molar-refractivity contribution in [2.45, 2.75) is 0 Å². The molecule has 0 saturated heterocycles. The van der Waals surface area contributed by atoms with E-state index in [9.17, 15) is 0 Å². The monoisotopic (exact) mass is 719 g/mol. The summed E-state index contributed by atoms with van der Waals surface area (Å²) in [7, 11) is 0. The topological polar surface area (TPSA) is 16.4 Å². The lowest BCUT2D eigenvalue weighted by atomic mass is 10.00. The summed E-state index contributed by atoms with van der Waals surface area (Å²) in [6, 6.07) is 72.4. The number of furan rings is 1. The van der Waals surface area contributed by atoms with Crippen LogP contribution in [0.4, 0.5) is 17.1 Å². The average molecular weight is 720 g/mol. The van der Waals surface area contributed by atoms with Crippen LogP contribution in [0.2, 0.25) is 0 Å². The van der Waals surface area contributed by atoms with E-state index in [1.54, 1.807) is 0 Å². The minimum absolute atomic E-state index is 0.909. The summed E-state index contributed by atoms with van der Waals surface area (Å²) in [4.78, 5) is 2.36. The maximum absolute atomic E-state index is 6.12. The van der Waals surface area contributed by atoms with Gasteiger partial charge in [-0.1, -0.05) is 127 Å². The highest BCUT2D eigenvalue weighted by Crippen LogP contribution is 2.41. The van der Waals surface area contributed by atoms with Gasteiger partial charge in [-0.2, -0.15) is 0 Å². The van der Waals surface area contributed by atoms with Crippen LogP contribution in [0.3, 0.4) is 0 Å². The van der Waals surface area contributed by atoms with Crippen molar-refractivity contribution in [3.05, 3.63) is 200 Å². The second-order valence-electron chi connectivity index (χ2n) is 14.2. The van der Waals surface area contributed by atoms with E-state index in [-0.39, 0.29) is 0 Å². The maximum Gasteiger partial charge on any atom is 0.135 e. The number of thiophene rings is 1. The van der Waals surface area contributed by atoms with E-state index in [1.165, 1.54) is 53.2 Å². The standard InChI is InChI=1S/C52H33NOS/c1-2-9-37-30-39(17-16-34(37)8-1)35-18-24-42(25-19-35)53(43-26-20-36(21-27-43)40-23-29-50-48(32-40)45-12-3-5-14-49(45)54-50)44-11-7-10-38(31-44)41-22-28-47-46-13-4-6-15-51(46)55-52(47)33-41/h1-33H. The third kappa shape index (κ3) is 5.56. The second-order valence-corrected chi connectivity index (χ2v) is 15.2. The number of nitrogens with zero attached hydrogens (tertiary/aromatic N) is 1. The van der Waals surface area contributed by atoms with Gasteiger partial charge in [-0.15, -0.1) is 11.3 Å². The Morgan fingerprint density at radius 3 is 1.71 bits per heavy atom. The molecule has 0 amide bonds. The summed E-state index contributed by atoms with van der Waals surface area (Å²) in [6.07, 6.45) is 0. The number of anilines is 3. The first-order valence-corrected chi connectivity index (χ1v) is 19.5. The van der Waals surface area contributed by atoms with Crippen LogP contribution in [-0.4, -0.2) is 0 Å². The molecule has 0 spiro atoms. The summed E-state index contributed by atoms with van der Waals surface area (Å²) in [5.41, 5.74) is 12.2. The Hall–Kier alpha value is -6.94. The molecule has 0 N–H and O–H groups in total. The number of hydrogen-bond acceptors (Lipinski definition) is 3. The van der Waals surface area contributed by atoms with E-state index < -0.39 is 0 Å². The molecule has 0 bridgehead atoms. The predicted molar refractivity (Wildman–Crippen MR) is 235 cm³/mol. The van der Waals surface area contributed by atoms with Crippen LogP contribution < -0.4 is 4.90 Å². The highest BCUT2D eigenvalue weighted by molar-refractivity contribution is 7.25. The Kier molecular flexibility index (Phi) is 7.39. The van der Waals surface area contributed by atoms with Crippen LogP contribution >= 0.6 is 11.3 Å². The van der Waals surface area contributed by atoms with Crippen molar-refractivity contribution in [2.75, 3.05) is 4.90 Å². The molecule has 2 aromatic heterocycles. The van der Waals surface area contributed by atoms with E-state index in [1.807, 2.05) is 23.5 Å². The van der Waals surface area contributed by atoms with Crippen LogP contribution in [0, 0.1) is 0 Å². The van der Waals surface area contributed by atoms with Gasteiger partial charge in [0.05, 0.1) is 0 Å². The largest absolute Gasteiger partial charge is 0.456 e. The molecule has 0 radical (unpaired) electrons. The first kappa shape index (κ1) is 31.6. The smallest absolute Gasteiger partial charge is 0.135 e. The van der Waals surface area contributed by atoms with E-state index in [0.717, 1.165) is 50.1 Å². The molecular formula is C52H33NOS. The molecule has 0 aliphatic rings. The number of para-hydroxylation sites is 1.